The molecular formula is C16H18N2O4S. The molecule has 0 amide bonds. The van der Waals surface area contributed by atoms with E-state index in [1.165, 1.54) is 18.3 Å². The maximum atomic E-state index is 12.8. The number of ketones is 1. The standard InChI is InChI=1S/C16H18N2O4S/c1-9(19)8-22-16(21)13-10(2)12-14(23-13)17-11-6-4-3-5-7-18(11)15(12)20/h3-8H2,1-2H3. The first-order valence-electron chi connectivity index (χ1n) is 7.68. The Morgan fingerprint density at radius 1 is 1.30 bits per heavy atom. The summed E-state index contributed by atoms with van der Waals surface area (Å²) in [6, 6.07) is 0. The molecule has 0 unspecified atom stereocenters. The predicted molar refractivity (Wildman–Crippen MR) is 87.1 cm³/mol. The number of fused-ring (bicyclic) bond motifs is 2. The second kappa shape index (κ2) is 6.23. The van der Waals surface area contributed by atoms with Crippen molar-refractivity contribution in [1.29, 1.82) is 0 Å². The number of hydrogen-bond donors (Lipinski definition) is 0. The molecule has 23 heavy (non-hydrogen) atoms. The molecule has 0 atom stereocenters. The van der Waals surface area contributed by atoms with Crippen molar-refractivity contribution in [1.82, 2.24) is 9.55 Å². The molecule has 0 N–H and O–H groups in total. The van der Waals surface area contributed by atoms with Crippen LogP contribution in [-0.4, -0.2) is 27.9 Å². The van der Waals surface area contributed by atoms with Gasteiger partial charge in [-0.3, -0.25) is 14.2 Å². The number of hydrogen-bond acceptors (Lipinski definition) is 6. The molecule has 6 nitrogen and oxygen atoms in total. The summed E-state index contributed by atoms with van der Waals surface area (Å²) in [5, 5.41) is 0.496. The fourth-order valence-corrected chi connectivity index (χ4v) is 3.92. The molecular weight excluding hydrogens is 316 g/mol. The van der Waals surface area contributed by atoms with Crippen molar-refractivity contribution in [2.45, 2.75) is 46.1 Å². The second-order valence-electron chi connectivity index (χ2n) is 5.81. The zero-order valence-electron chi connectivity index (χ0n) is 13.2. The van der Waals surface area contributed by atoms with Crippen molar-refractivity contribution in [3.8, 4) is 0 Å². The number of aromatic nitrogens is 2. The number of nitrogens with zero attached hydrogens (tertiary/aromatic N) is 2. The van der Waals surface area contributed by atoms with Crippen molar-refractivity contribution in [3.63, 3.8) is 0 Å². The predicted octanol–water partition coefficient (Wildman–Crippen LogP) is 2.24. The van der Waals surface area contributed by atoms with Crippen molar-refractivity contribution >= 4 is 33.3 Å². The van der Waals surface area contributed by atoms with Crippen LogP contribution < -0.4 is 5.56 Å². The number of aryl methyl sites for hydroxylation is 2. The van der Waals surface area contributed by atoms with E-state index in [-0.39, 0.29) is 17.9 Å². The molecule has 0 radical (unpaired) electrons. The van der Waals surface area contributed by atoms with E-state index in [1.54, 1.807) is 11.5 Å². The molecule has 2 aromatic rings. The van der Waals surface area contributed by atoms with Gasteiger partial charge < -0.3 is 4.74 Å². The quantitative estimate of drug-likeness (QED) is 0.804. The van der Waals surface area contributed by atoms with Gasteiger partial charge in [0, 0.05) is 13.0 Å². The highest BCUT2D eigenvalue weighted by molar-refractivity contribution is 7.20. The summed E-state index contributed by atoms with van der Waals surface area (Å²) in [6.07, 6.45) is 3.87. The van der Waals surface area contributed by atoms with Crippen molar-refractivity contribution in [2.24, 2.45) is 0 Å². The minimum absolute atomic E-state index is 0.0775. The van der Waals surface area contributed by atoms with E-state index in [4.69, 9.17) is 4.74 Å². The zero-order chi connectivity index (χ0) is 16.6. The van der Waals surface area contributed by atoms with Crippen molar-refractivity contribution in [2.75, 3.05) is 6.61 Å². The lowest BCUT2D eigenvalue weighted by Crippen LogP contribution is -2.24. The van der Waals surface area contributed by atoms with Gasteiger partial charge in [-0.1, -0.05) is 6.42 Å². The van der Waals surface area contributed by atoms with Crippen LogP contribution in [-0.2, 0) is 22.5 Å². The molecule has 7 heteroatoms. The summed E-state index contributed by atoms with van der Waals surface area (Å²) >= 11 is 1.17. The first-order valence-corrected chi connectivity index (χ1v) is 8.50. The third-order valence-corrected chi connectivity index (χ3v) is 5.17. The summed E-state index contributed by atoms with van der Waals surface area (Å²) in [6.45, 7) is 3.51. The average molecular weight is 334 g/mol. The van der Waals surface area contributed by atoms with Gasteiger partial charge >= 0.3 is 5.97 Å². The van der Waals surface area contributed by atoms with Gasteiger partial charge in [-0.05, 0) is 32.3 Å². The van der Waals surface area contributed by atoms with Crippen molar-refractivity contribution in [3.05, 3.63) is 26.6 Å². The van der Waals surface area contributed by atoms with E-state index < -0.39 is 5.97 Å². The lowest BCUT2D eigenvalue weighted by Gasteiger charge is -2.08. The van der Waals surface area contributed by atoms with Gasteiger partial charge in [0.1, 0.15) is 22.1 Å². The molecule has 0 bridgehead atoms. The number of ether oxygens (including phenoxy) is 1. The molecule has 0 spiro atoms. The Kier molecular flexibility index (Phi) is 4.30. The minimum atomic E-state index is -0.569. The van der Waals surface area contributed by atoms with Crippen LogP contribution >= 0.6 is 11.3 Å². The highest BCUT2D eigenvalue weighted by atomic mass is 32.1. The Labute approximate surface area is 137 Å². The topological polar surface area (TPSA) is 78.3 Å². The molecule has 2 aromatic heterocycles. The lowest BCUT2D eigenvalue weighted by molar-refractivity contribution is -0.120. The van der Waals surface area contributed by atoms with Crippen LogP contribution in [0.5, 0.6) is 0 Å². The maximum absolute atomic E-state index is 12.8. The molecule has 3 heterocycles. The molecule has 0 aromatic carbocycles. The number of carbonyl (C=O) groups excluding carboxylic acids is 2. The van der Waals surface area contributed by atoms with Crippen LogP contribution in [0.4, 0.5) is 0 Å². The van der Waals surface area contributed by atoms with E-state index in [9.17, 15) is 14.4 Å². The van der Waals surface area contributed by atoms with Gasteiger partial charge in [0.2, 0.25) is 0 Å². The Hall–Kier alpha value is -2.02. The summed E-state index contributed by atoms with van der Waals surface area (Å²) in [7, 11) is 0. The SMILES string of the molecule is CC(=O)COC(=O)c1sc2nc3n(c(=O)c2c1C)CCCCC3. The van der Waals surface area contributed by atoms with Gasteiger partial charge in [-0.2, -0.15) is 0 Å². The number of esters is 1. The molecule has 3 rings (SSSR count). The molecule has 1 aliphatic rings. The van der Waals surface area contributed by atoms with Crippen LogP contribution in [0.15, 0.2) is 4.79 Å². The van der Waals surface area contributed by atoms with Crippen LogP contribution in [0.1, 0.15) is 47.2 Å². The smallest absolute Gasteiger partial charge is 0.349 e. The molecule has 1 aliphatic heterocycles. The van der Waals surface area contributed by atoms with Crippen LogP contribution in [0.25, 0.3) is 10.2 Å². The first kappa shape index (κ1) is 15.9. The monoisotopic (exact) mass is 334 g/mol. The van der Waals surface area contributed by atoms with Crippen LogP contribution in [0.3, 0.4) is 0 Å². The Morgan fingerprint density at radius 2 is 2.09 bits per heavy atom. The minimum Gasteiger partial charge on any atom is -0.454 e. The van der Waals surface area contributed by atoms with Gasteiger partial charge in [-0.15, -0.1) is 11.3 Å². The highest BCUT2D eigenvalue weighted by Gasteiger charge is 2.23. The summed E-state index contributed by atoms with van der Waals surface area (Å²) < 4.78 is 6.71. The lowest BCUT2D eigenvalue weighted by atomic mass is 10.2. The van der Waals surface area contributed by atoms with Gasteiger partial charge in [-0.25, -0.2) is 9.78 Å². The third kappa shape index (κ3) is 2.93. The van der Waals surface area contributed by atoms with Crippen LogP contribution in [0, 0.1) is 6.92 Å². The normalized spacial score (nSPS) is 14.3. The van der Waals surface area contributed by atoms with Gasteiger partial charge in [0.05, 0.1) is 5.39 Å². The van der Waals surface area contributed by atoms with Crippen molar-refractivity contribution < 1.29 is 14.3 Å². The highest BCUT2D eigenvalue weighted by Crippen LogP contribution is 2.28. The number of rotatable bonds is 3. The molecule has 0 saturated carbocycles. The van der Waals surface area contributed by atoms with Gasteiger partial charge in [0.15, 0.2) is 5.78 Å². The Balaban J connectivity index is 2.08. The summed E-state index contributed by atoms with van der Waals surface area (Å²) in [5.41, 5.74) is 0.516. The van der Waals surface area contributed by atoms with Crippen LogP contribution in [0.2, 0.25) is 0 Å². The first-order chi connectivity index (χ1) is 11.0. The number of thiophene rings is 1. The zero-order valence-corrected chi connectivity index (χ0v) is 14.0. The van der Waals surface area contributed by atoms with E-state index in [2.05, 4.69) is 4.98 Å². The largest absolute Gasteiger partial charge is 0.454 e. The fourth-order valence-electron chi connectivity index (χ4n) is 2.84. The van der Waals surface area contributed by atoms with E-state index in [0.29, 0.717) is 27.2 Å². The molecule has 0 aliphatic carbocycles. The molecule has 122 valence electrons. The Bertz CT molecular complexity index is 850. The maximum Gasteiger partial charge on any atom is 0.349 e. The second-order valence-corrected chi connectivity index (χ2v) is 6.81. The number of Topliss-reactive ketones (excluding diaryl/α,β-unsaturated/α-hetero) is 1. The van der Waals surface area contributed by atoms with Gasteiger partial charge in [0.25, 0.3) is 5.56 Å². The number of carbonyl (C=O) groups is 2. The van der Waals surface area contributed by atoms with E-state index in [1.807, 2.05) is 0 Å². The summed E-state index contributed by atoms with van der Waals surface area (Å²) in [5.74, 6) is 0.00669. The van der Waals surface area contributed by atoms with E-state index >= 15 is 0 Å². The summed E-state index contributed by atoms with van der Waals surface area (Å²) in [4.78, 5) is 41.4. The molecule has 0 saturated heterocycles. The fraction of sp³-hybridized carbons (Fsp3) is 0.500. The average Bonchev–Trinajstić information content (AvgIpc) is 2.69. The third-order valence-electron chi connectivity index (χ3n) is 4.00. The molecule has 0 fully saturated rings. The Morgan fingerprint density at radius 3 is 2.83 bits per heavy atom. The van der Waals surface area contributed by atoms with E-state index in [0.717, 1.165) is 31.5 Å².